The van der Waals surface area contributed by atoms with Gasteiger partial charge in [0.15, 0.2) is 0 Å². The fourth-order valence-electron chi connectivity index (χ4n) is 3.90. The number of halogens is 1. The van der Waals surface area contributed by atoms with Crippen LogP contribution in [0.2, 0.25) is 0 Å². The molecule has 0 aliphatic carbocycles. The van der Waals surface area contributed by atoms with Crippen LogP contribution in [0.4, 0.5) is 4.39 Å². The topological polar surface area (TPSA) is 40.6 Å². The molecule has 154 valence electrons. The molecule has 0 saturated carbocycles. The molecule has 0 radical (unpaired) electrons. The maximum atomic E-state index is 13.9. The molecule has 1 aliphatic heterocycles. The van der Waals surface area contributed by atoms with Gasteiger partial charge in [-0.25, -0.2) is 4.39 Å². The molecule has 0 spiro atoms. The normalized spacial score (nSPS) is 14.6. The molecule has 29 heavy (non-hydrogen) atoms. The van der Waals surface area contributed by atoms with Crippen LogP contribution in [0.3, 0.4) is 0 Å². The SMILES string of the molecule is CC(=O)N(CCC(=O)N1CCC(Cc2ccccc2)CC1)Cc1ccccc1F. The molecule has 0 N–H and O–H groups in total. The Morgan fingerprint density at radius 2 is 1.69 bits per heavy atom. The lowest BCUT2D eigenvalue weighted by Gasteiger charge is -2.33. The Balaban J connectivity index is 1.46. The summed E-state index contributed by atoms with van der Waals surface area (Å²) < 4.78 is 13.9. The first-order valence-corrected chi connectivity index (χ1v) is 10.3. The van der Waals surface area contributed by atoms with Gasteiger partial charge >= 0.3 is 0 Å². The van der Waals surface area contributed by atoms with Crippen molar-refractivity contribution < 1.29 is 14.0 Å². The molecule has 1 heterocycles. The smallest absolute Gasteiger partial charge is 0.224 e. The lowest BCUT2D eigenvalue weighted by Crippen LogP contribution is -2.41. The Morgan fingerprint density at radius 3 is 2.34 bits per heavy atom. The number of hydrogen-bond acceptors (Lipinski definition) is 2. The van der Waals surface area contributed by atoms with E-state index in [1.54, 1.807) is 23.1 Å². The fraction of sp³-hybridized carbons (Fsp3) is 0.417. The number of amides is 2. The number of likely N-dealkylation sites (tertiary alicyclic amines) is 1. The third-order valence-electron chi connectivity index (χ3n) is 5.69. The van der Waals surface area contributed by atoms with Crippen molar-refractivity contribution in [2.24, 2.45) is 5.92 Å². The molecule has 0 atom stereocenters. The summed E-state index contributed by atoms with van der Waals surface area (Å²) >= 11 is 0. The van der Waals surface area contributed by atoms with E-state index in [-0.39, 0.29) is 30.6 Å². The van der Waals surface area contributed by atoms with Crippen LogP contribution in [0.15, 0.2) is 54.6 Å². The van der Waals surface area contributed by atoms with Crippen LogP contribution in [-0.4, -0.2) is 41.2 Å². The number of hydrogen-bond donors (Lipinski definition) is 0. The molecule has 2 amide bonds. The molecule has 3 rings (SSSR count). The van der Waals surface area contributed by atoms with Gasteiger partial charge < -0.3 is 9.80 Å². The zero-order valence-electron chi connectivity index (χ0n) is 17.0. The number of benzene rings is 2. The van der Waals surface area contributed by atoms with E-state index in [2.05, 4.69) is 24.3 Å². The second kappa shape index (κ2) is 10.2. The van der Waals surface area contributed by atoms with Gasteiger partial charge in [0.05, 0.1) is 0 Å². The van der Waals surface area contributed by atoms with E-state index >= 15 is 0 Å². The van der Waals surface area contributed by atoms with E-state index in [1.807, 2.05) is 11.0 Å². The summed E-state index contributed by atoms with van der Waals surface area (Å²) in [6.07, 6.45) is 3.35. The van der Waals surface area contributed by atoms with Gasteiger partial charge in [-0.3, -0.25) is 9.59 Å². The summed E-state index contributed by atoms with van der Waals surface area (Å²) in [5, 5.41) is 0. The van der Waals surface area contributed by atoms with E-state index in [0.717, 1.165) is 32.4 Å². The van der Waals surface area contributed by atoms with Crippen molar-refractivity contribution in [2.75, 3.05) is 19.6 Å². The van der Waals surface area contributed by atoms with Crippen LogP contribution >= 0.6 is 0 Å². The lowest BCUT2D eigenvalue weighted by atomic mass is 9.90. The first kappa shape index (κ1) is 21.0. The number of nitrogens with zero attached hydrogens (tertiary/aromatic N) is 2. The predicted molar refractivity (Wildman–Crippen MR) is 112 cm³/mol. The second-order valence-corrected chi connectivity index (χ2v) is 7.80. The van der Waals surface area contributed by atoms with E-state index < -0.39 is 0 Å². The molecule has 0 aromatic heterocycles. The van der Waals surface area contributed by atoms with Crippen LogP contribution in [0.1, 0.15) is 37.3 Å². The Morgan fingerprint density at radius 1 is 1.03 bits per heavy atom. The fourth-order valence-corrected chi connectivity index (χ4v) is 3.90. The van der Waals surface area contributed by atoms with Crippen molar-refractivity contribution in [1.29, 1.82) is 0 Å². The second-order valence-electron chi connectivity index (χ2n) is 7.80. The maximum Gasteiger partial charge on any atom is 0.224 e. The van der Waals surface area contributed by atoms with Gasteiger partial charge in [0.2, 0.25) is 11.8 Å². The predicted octanol–water partition coefficient (Wildman–Crippen LogP) is 4.05. The van der Waals surface area contributed by atoms with Gasteiger partial charge in [0.25, 0.3) is 0 Å². The molecular weight excluding hydrogens is 367 g/mol. The van der Waals surface area contributed by atoms with E-state index in [0.29, 0.717) is 18.0 Å². The van der Waals surface area contributed by atoms with Crippen LogP contribution in [0, 0.1) is 11.7 Å². The third-order valence-corrected chi connectivity index (χ3v) is 5.69. The lowest BCUT2D eigenvalue weighted by molar-refractivity contribution is -0.134. The zero-order valence-corrected chi connectivity index (χ0v) is 17.0. The van der Waals surface area contributed by atoms with Crippen molar-refractivity contribution in [3.05, 3.63) is 71.5 Å². The van der Waals surface area contributed by atoms with Crippen molar-refractivity contribution >= 4 is 11.8 Å². The summed E-state index contributed by atoms with van der Waals surface area (Å²) in [6.45, 7) is 3.49. The highest BCUT2D eigenvalue weighted by atomic mass is 19.1. The minimum atomic E-state index is -0.328. The molecule has 1 fully saturated rings. The molecule has 0 unspecified atom stereocenters. The summed E-state index contributed by atoms with van der Waals surface area (Å²) in [5.74, 6) is 0.201. The summed E-state index contributed by atoms with van der Waals surface area (Å²) in [6, 6.07) is 16.9. The van der Waals surface area contributed by atoms with Crippen molar-refractivity contribution in [1.82, 2.24) is 9.80 Å². The van der Waals surface area contributed by atoms with Gasteiger partial charge in [-0.2, -0.15) is 0 Å². The summed E-state index contributed by atoms with van der Waals surface area (Å²) in [5.41, 5.74) is 1.82. The van der Waals surface area contributed by atoms with E-state index in [1.165, 1.54) is 18.6 Å². The molecular formula is C24H29FN2O2. The van der Waals surface area contributed by atoms with Crippen LogP contribution in [-0.2, 0) is 22.6 Å². The minimum Gasteiger partial charge on any atom is -0.343 e. The average Bonchev–Trinajstić information content (AvgIpc) is 2.73. The Bertz CT molecular complexity index is 817. The first-order valence-electron chi connectivity index (χ1n) is 10.3. The zero-order chi connectivity index (χ0) is 20.6. The highest BCUT2D eigenvalue weighted by molar-refractivity contribution is 5.78. The van der Waals surface area contributed by atoms with Crippen LogP contribution in [0.25, 0.3) is 0 Å². The van der Waals surface area contributed by atoms with Crippen molar-refractivity contribution in [3.63, 3.8) is 0 Å². The minimum absolute atomic E-state index is 0.0722. The molecule has 4 nitrogen and oxygen atoms in total. The highest BCUT2D eigenvalue weighted by Crippen LogP contribution is 2.22. The third kappa shape index (κ3) is 6.14. The Hall–Kier alpha value is -2.69. The van der Waals surface area contributed by atoms with Crippen LogP contribution < -0.4 is 0 Å². The van der Waals surface area contributed by atoms with Gasteiger partial charge in [0, 0.05) is 45.1 Å². The van der Waals surface area contributed by atoms with Crippen molar-refractivity contribution in [2.45, 2.75) is 39.2 Å². The average molecular weight is 397 g/mol. The molecule has 5 heteroatoms. The van der Waals surface area contributed by atoms with Gasteiger partial charge in [-0.15, -0.1) is 0 Å². The maximum absolute atomic E-state index is 13.9. The highest BCUT2D eigenvalue weighted by Gasteiger charge is 2.23. The summed E-state index contributed by atoms with van der Waals surface area (Å²) in [7, 11) is 0. The largest absolute Gasteiger partial charge is 0.343 e. The molecule has 2 aromatic carbocycles. The van der Waals surface area contributed by atoms with Gasteiger partial charge in [0.1, 0.15) is 5.82 Å². The monoisotopic (exact) mass is 396 g/mol. The quantitative estimate of drug-likeness (QED) is 0.709. The Kier molecular flexibility index (Phi) is 7.39. The molecule has 2 aromatic rings. The Labute approximate surface area is 172 Å². The molecule has 1 aliphatic rings. The number of carbonyl (C=O) groups is 2. The van der Waals surface area contributed by atoms with Gasteiger partial charge in [-0.1, -0.05) is 48.5 Å². The standard InChI is InChI=1S/C24H29FN2O2/c1-19(28)27(18-22-9-5-6-10-23(22)25)16-13-24(29)26-14-11-21(12-15-26)17-20-7-3-2-4-8-20/h2-10,21H,11-18H2,1H3. The van der Waals surface area contributed by atoms with Crippen LogP contribution in [0.5, 0.6) is 0 Å². The summed E-state index contributed by atoms with van der Waals surface area (Å²) in [4.78, 5) is 28.0. The number of rotatable bonds is 7. The van der Waals surface area contributed by atoms with E-state index in [9.17, 15) is 14.0 Å². The van der Waals surface area contributed by atoms with Gasteiger partial charge in [-0.05, 0) is 36.8 Å². The number of carbonyl (C=O) groups excluding carboxylic acids is 2. The number of piperidine rings is 1. The molecule has 1 saturated heterocycles. The molecule has 0 bridgehead atoms. The van der Waals surface area contributed by atoms with Crippen molar-refractivity contribution in [3.8, 4) is 0 Å². The first-order chi connectivity index (χ1) is 14.0. The van der Waals surface area contributed by atoms with E-state index in [4.69, 9.17) is 0 Å².